The molecule has 1 aliphatic rings. The van der Waals surface area contributed by atoms with Crippen molar-refractivity contribution < 1.29 is 19.3 Å². The lowest BCUT2D eigenvalue weighted by Gasteiger charge is -2.27. The molecule has 0 saturated heterocycles. The summed E-state index contributed by atoms with van der Waals surface area (Å²) in [5.41, 5.74) is 4.50. The zero-order valence-corrected chi connectivity index (χ0v) is 17.8. The number of methoxy groups -OCH3 is 1. The molecule has 0 radical (unpaired) electrons. The molecule has 0 aliphatic carbocycles. The molecule has 2 aromatic carbocycles. The second kappa shape index (κ2) is 7.91. The summed E-state index contributed by atoms with van der Waals surface area (Å²) in [6, 6.07) is 9.12. The van der Waals surface area contributed by atoms with Gasteiger partial charge in [-0.3, -0.25) is 0 Å². The highest BCUT2D eigenvalue weighted by Gasteiger charge is 2.22. The Morgan fingerprint density at radius 2 is 2.07 bits per heavy atom. The van der Waals surface area contributed by atoms with Gasteiger partial charge in [-0.05, 0) is 35.0 Å². The molecule has 2 N–H and O–H groups in total. The second-order valence-corrected chi connectivity index (χ2v) is 8.23. The van der Waals surface area contributed by atoms with Crippen LogP contribution in [0.25, 0.3) is 17.2 Å². The summed E-state index contributed by atoms with van der Waals surface area (Å²) < 4.78 is 20.2. The topological polar surface area (TPSA) is 56.2 Å². The number of anilines is 1. The zero-order chi connectivity index (χ0) is 21.4. The normalized spacial score (nSPS) is 12.7. The first-order chi connectivity index (χ1) is 14.4. The number of rotatable bonds is 5. The molecule has 0 amide bonds. The predicted octanol–water partition coefficient (Wildman–Crippen LogP) is 5.03. The Labute approximate surface area is 178 Å². The summed E-state index contributed by atoms with van der Waals surface area (Å²) in [7, 11) is 5.44. The van der Waals surface area contributed by atoms with Crippen molar-refractivity contribution in [2.75, 3.05) is 26.1 Å². The van der Waals surface area contributed by atoms with Crippen LogP contribution < -0.4 is 9.64 Å². The number of hydrogen-bond acceptors (Lipinski definition) is 6. The Hall–Kier alpha value is -3.19. The van der Waals surface area contributed by atoms with Crippen LogP contribution in [0, 0.1) is 5.82 Å². The third-order valence-electron chi connectivity index (χ3n) is 5.33. The Kier molecular flexibility index (Phi) is 5.30. The Balaban J connectivity index is 1.74. The van der Waals surface area contributed by atoms with E-state index in [2.05, 4.69) is 29.3 Å². The molecule has 1 aliphatic heterocycles. The SMILES string of the molecule is COc1cc(F)c(-c2c(O)csc2O)cc1N(C)Cc1cccc2c1CN(C)C=C2. The maximum absolute atomic E-state index is 14.8. The molecule has 0 atom stereocenters. The van der Waals surface area contributed by atoms with Gasteiger partial charge in [0.2, 0.25) is 0 Å². The van der Waals surface area contributed by atoms with Gasteiger partial charge >= 0.3 is 0 Å². The highest BCUT2D eigenvalue weighted by molar-refractivity contribution is 7.12. The van der Waals surface area contributed by atoms with Crippen LogP contribution in [0.3, 0.4) is 0 Å². The summed E-state index contributed by atoms with van der Waals surface area (Å²) >= 11 is 0.960. The van der Waals surface area contributed by atoms with Gasteiger partial charge in [0, 0.05) is 44.2 Å². The highest BCUT2D eigenvalue weighted by atomic mass is 32.1. The number of thiophene rings is 1. The van der Waals surface area contributed by atoms with Crippen LogP contribution in [-0.4, -0.2) is 36.3 Å². The smallest absolute Gasteiger partial charge is 0.183 e. The van der Waals surface area contributed by atoms with E-state index in [1.54, 1.807) is 6.07 Å². The van der Waals surface area contributed by atoms with E-state index in [9.17, 15) is 14.6 Å². The quantitative estimate of drug-likeness (QED) is 0.600. The maximum atomic E-state index is 14.8. The average Bonchev–Trinajstić information content (AvgIpc) is 3.06. The van der Waals surface area contributed by atoms with Crippen LogP contribution in [0.2, 0.25) is 0 Å². The number of fused-ring (bicyclic) bond motifs is 1. The first-order valence-corrected chi connectivity index (χ1v) is 10.3. The number of nitrogens with zero attached hydrogens (tertiary/aromatic N) is 2. The van der Waals surface area contributed by atoms with Crippen LogP contribution in [0.15, 0.2) is 41.9 Å². The summed E-state index contributed by atoms with van der Waals surface area (Å²) in [5, 5.41) is 21.4. The van der Waals surface area contributed by atoms with E-state index in [1.807, 2.05) is 25.1 Å². The third kappa shape index (κ3) is 3.57. The van der Waals surface area contributed by atoms with Crippen molar-refractivity contribution in [2.24, 2.45) is 0 Å². The summed E-state index contributed by atoms with van der Waals surface area (Å²) in [6.45, 7) is 1.41. The minimum atomic E-state index is -0.572. The molecule has 30 heavy (non-hydrogen) atoms. The van der Waals surface area contributed by atoms with Gasteiger partial charge in [-0.25, -0.2) is 4.39 Å². The average molecular weight is 427 g/mol. The van der Waals surface area contributed by atoms with E-state index in [1.165, 1.54) is 35.2 Å². The van der Waals surface area contributed by atoms with Crippen LogP contribution in [0.4, 0.5) is 10.1 Å². The lowest BCUT2D eigenvalue weighted by atomic mass is 9.97. The van der Waals surface area contributed by atoms with E-state index in [0.29, 0.717) is 18.0 Å². The maximum Gasteiger partial charge on any atom is 0.183 e. The first-order valence-electron chi connectivity index (χ1n) is 9.46. The number of aromatic hydroxyl groups is 2. The van der Waals surface area contributed by atoms with Gasteiger partial charge < -0.3 is 24.7 Å². The number of ether oxygens (including phenoxy) is 1. The van der Waals surface area contributed by atoms with Crippen molar-refractivity contribution in [3.05, 3.63) is 64.4 Å². The molecule has 0 bridgehead atoms. The Bertz CT molecular complexity index is 1110. The predicted molar refractivity (Wildman–Crippen MR) is 119 cm³/mol. The van der Waals surface area contributed by atoms with Gasteiger partial charge in [0.15, 0.2) is 5.06 Å². The largest absolute Gasteiger partial charge is 0.506 e. The fourth-order valence-corrected chi connectivity index (χ4v) is 4.46. The molecule has 2 heterocycles. The van der Waals surface area contributed by atoms with Crippen molar-refractivity contribution in [3.63, 3.8) is 0 Å². The summed E-state index contributed by atoms with van der Waals surface area (Å²) in [4.78, 5) is 4.11. The van der Waals surface area contributed by atoms with Gasteiger partial charge in [0.05, 0.1) is 18.4 Å². The number of halogens is 1. The molecule has 156 valence electrons. The van der Waals surface area contributed by atoms with E-state index in [4.69, 9.17) is 4.74 Å². The van der Waals surface area contributed by atoms with Crippen molar-refractivity contribution >= 4 is 23.1 Å². The summed E-state index contributed by atoms with van der Waals surface area (Å²) in [6.07, 6.45) is 4.16. The van der Waals surface area contributed by atoms with Crippen molar-refractivity contribution in [1.29, 1.82) is 0 Å². The van der Waals surface area contributed by atoms with Crippen LogP contribution in [-0.2, 0) is 13.1 Å². The Morgan fingerprint density at radius 1 is 1.27 bits per heavy atom. The van der Waals surface area contributed by atoms with Gasteiger partial charge in [0.1, 0.15) is 17.3 Å². The van der Waals surface area contributed by atoms with Gasteiger partial charge in [-0.15, -0.1) is 11.3 Å². The Morgan fingerprint density at radius 3 is 2.77 bits per heavy atom. The zero-order valence-electron chi connectivity index (χ0n) is 17.0. The highest BCUT2D eigenvalue weighted by Crippen LogP contribution is 2.46. The van der Waals surface area contributed by atoms with Crippen LogP contribution >= 0.6 is 11.3 Å². The lowest BCUT2D eigenvalue weighted by molar-refractivity contribution is 0.411. The number of hydrogen-bond donors (Lipinski definition) is 2. The van der Waals surface area contributed by atoms with Gasteiger partial charge in [-0.2, -0.15) is 0 Å². The molecule has 4 rings (SSSR count). The molecule has 7 heteroatoms. The molecule has 0 fully saturated rings. The molecule has 0 unspecified atom stereocenters. The fraction of sp³-hybridized carbons (Fsp3) is 0.217. The van der Waals surface area contributed by atoms with Gasteiger partial charge in [-0.1, -0.05) is 18.2 Å². The fourth-order valence-electron chi connectivity index (χ4n) is 3.79. The van der Waals surface area contributed by atoms with E-state index >= 15 is 0 Å². The van der Waals surface area contributed by atoms with Gasteiger partial charge in [0.25, 0.3) is 0 Å². The molecular formula is C23H23FN2O3S. The monoisotopic (exact) mass is 426 g/mol. The second-order valence-electron chi connectivity index (χ2n) is 7.38. The van der Waals surface area contributed by atoms with E-state index < -0.39 is 5.82 Å². The first kappa shape index (κ1) is 20.1. The minimum absolute atomic E-state index is 0.0960. The minimum Gasteiger partial charge on any atom is -0.506 e. The third-order valence-corrected chi connectivity index (χ3v) is 6.10. The van der Waals surface area contributed by atoms with Crippen molar-refractivity contribution in [3.8, 4) is 27.7 Å². The molecule has 0 spiro atoms. The molecule has 1 aromatic heterocycles. The molecule has 3 aromatic rings. The molecular weight excluding hydrogens is 403 g/mol. The lowest BCUT2D eigenvalue weighted by Crippen LogP contribution is -2.22. The van der Waals surface area contributed by atoms with Crippen molar-refractivity contribution in [2.45, 2.75) is 13.1 Å². The van der Waals surface area contributed by atoms with E-state index in [0.717, 1.165) is 17.9 Å². The molecule has 0 saturated carbocycles. The van der Waals surface area contributed by atoms with Crippen LogP contribution in [0.1, 0.15) is 16.7 Å². The standard InChI is InChI=1S/C23H23FN2O3S/c1-25-8-7-14-5-4-6-15(17(14)12-25)11-26(2)19-9-16(18(24)10-21(19)29-3)22-20(27)13-30-23(22)28/h4-10,13,27-28H,11-12H2,1-3H3. The van der Waals surface area contributed by atoms with Crippen LogP contribution in [0.5, 0.6) is 16.6 Å². The molecule has 5 nitrogen and oxygen atoms in total. The summed E-state index contributed by atoms with van der Waals surface area (Å²) in [5.74, 6) is -0.339. The van der Waals surface area contributed by atoms with E-state index in [-0.39, 0.29) is 21.9 Å². The van der Waals surface area contributed by atoms with Crippen molar-refractivity contribution in [1.82, 2.24) is 4.90 Å². The number of benzene rings is 2.